The third-order valence-electron chi connectivity index (χ3n) is 5.79. The largest absolute Gasteiger partial charge is 0.371 e. The predicted molar refractivity (Wildman–Crippen MR) is 108 cm³/mol. The number of benzene rings is 2. The summed E-state index contributed by atoms with van der Waals surface area (Å²) in [4.78, 5) is 7.10. The highest BCUT2D eigenvalue weighted by molar-refractivity contribution is 5.81. The number of pyridine rings is 1. The van der Waals surface area contributed by atoms with Crippen molar-refractivity contribution in [2.45, 2.75) is 32.2 Å². The molecule has 0 amide bonds. The van der Waals surface area contributed by atoms with E-state index in [1.54, 1.807) is 0 Å². The Morgan fingerprint density at radius 3 is 2.64 bits per heavy atom. The first-order valence-electron chi connectivity index (χ1n) is 8.88. The molecule has 2 aromatic carbocycles. The number of hydrogen-bond acceptors (Lipinski definition) is 2. The fraction of sp³-hybridized carbons (Fsp3) is 0.261. The van der Waals surface area contributed by atoms with Crippen LogP contribution in [0.2, 0.25) is 0 Å². The van der Waals surface area contributed by atoms with Gasteiger partial charge in [0.15, 0.2) is 0 Å². The van der Waals surface area contributed by atoms with Crippen LogP contribution < -0.4 is 4.90 Å². The van der Waals surface area contributed by atoms with E-state index in [9.17, 15) is 0 Å². The molecule has 0 aliphatic carbocycles. The molecule has 1 atom stereocenters. The number of aromatic nitrogens is 1. The first kappa shape index (κ1) is 15.9. The molecule has 0 fully saturated rings. The smallest absolute Gasteiger partial charge is 0.0709 e. The van der Waals surface area contributed by atoms with Crippen LogP contribution in [0.4, 0.5) is 5.69 Å². The number of fused-ring (bicyclic) bond motifs is 2. The van der Waals surface area contributed by atoms with E-state index in [1.807, 2.05) is 12.1 Å². The second-order valence-electron chi connectivity index (χ2n) is 7.55. The quantitative estimate of drug-likeness (QED) is 0.615. The molecule has 126 valence electrons. The molecule has 1 aliphatic rings. The highest BCUT2D eigenvalue weighted by Gasteiger charge is 2.39. The monoisotopic (exact) mass is 328 g/mol. The Kier molecular flexibility index (Phi) is 3.64. The van der Waals surface area contributed by atoms with Crippen LogP contribution in [-0.4, -0.2) is 18.1 Å². The van der Waals surface area contributed by atoms with Gasteiger partial charge in [-0.3, -0.25) is 0 Å². The average molecular weight is 328 g/mol. The average Bonchev–Trinajstić information content (AvgIpc) is 2.80. The molecule has 0 unspecified atom stereocenters. The van der Waals surface area contributed by atoms with Crippen molar-refractivity contribution in [3.05, 3.63) is 71.4 Å². The Bertz CT molecular complexity index is 969. The zero-order chi connectivity index (χ0) is 17.6. The molecule has 0 N–H and O–H groups in total. The summed E-state index contributed by atoms with van der Waals surface area (Å²) in [6.45, 7) is 6.96. The Morgan fingerprint density at radius 1 is 1.00 bits per heavy atom. The van der Waals surface area contributed by atoms with Crippen LogP contribution in [0.3, 0.4) is 0 Å². The maximum Gasteiger partial charge on any atom is 0.0709 e. The molecule has 1 aromatic heterocycles. The van der Waals surface area contributed by atoms with Crippen LogP contribution in [0, 0.1) is 0 Å². The van der Waals surface area contributed by atoms with Crippen molar-refractivity contribution >= 4 is 28.7 Å². The maximum atomic E-state index is 4.72. The third kappa shape index (κ3) is 2.62. The fourth-order valence-corrected chi connectivity index (χ4v) is 3.75. The summed E-state index contributed by atoms with van der Waals surface area (Å²) in [5, 5.41) is 1.18. The van der Waals surface area contributed by atoms with Crippen LogP contribution in [-0.2, 0) is 5.41 Å². The lowest BCUT2D eigenvalue weighted by Crippen LogP contribution is -2.36. The van der Waals surface area contributed by atoms with Gasteiger partial charge in [0.05, 0.1) is 11.2 Å². The van der Waals surface area contributed by atoms with Gasteiger partial charge in [-0.25, -0.2) is 4.98 Å². The van der Waals surface area contributed by atoms with Crippen molar-refractivity contribution in [1.29, 1.82) is 0 Å². The second-order valence-corrected chi connectivity index (χ2v) is 7.55. The zero-order valence-electron chi connectivity index (χ0n) is 15.3. The van der Waals surface area contributed by atoms with Gasteiger partial charge in [0.25, 0.3) is 0 Å². The minimum atomic E-state index is 0.162. The van der Waals surface area contributed by atoms with Gasteiger partial charge in [0.2, 0.25) is 0 Å². The first-order chi connectivity index (χ1) is 12.0. The van der Waals surface area contributed by atoms with E-state index in [0.29, 0.717) is 6.04 Å². The molecule has 0 spiro atoms. The summed E-state index contributed by atoms with van der Waals surface area (Å²) in [5.74, 6) is 0. The van der Waals surface area contributed by atoms with Crippen molar-refractivity contribution in [2.24, 2.45) is 0 Å². The van der Waals surface area contributed by atoms with Crippen LogP contribution in [0.1, 0.15) is 37.6 Å². The van der Waals surface area contributed by atoms with Gasteiger partial charge in [-0.05, 0) is 48.4 Å². The van der Waals surface area contributed by atoms with E-state index in [-0.39, 0.29) is 5.41 Å². The summed E-state index contributed by atoms with van der Waals surface area (Å²) < 4.78 is 0. The Morgan fingerprint density at radius 2 is 1.80 bits per heavy atom. The molecule has 2 heterocycles. The maximum absolute atomic E-state index is 4.72. The second kappa shape index (κ2) is 5.73. The normalized spacial score (nSPS) is 18.9. The van der Waals surface area contributed by atoms with Crippen molar-refractivity contribution in [1.82, 2.24) is 4.98 Å². The highest BCUT2D eigenvalue weighted by atomic mass is 15.2. The van der Waals surface area contributed by atoms with Crippen molar-refractivity contribution < 1.29 is 0 Å². The number of rotatable bonds is 2. The first-order valence-corrected chi connectivity index (χ1v) is 8.88. The van der Waals surface area contributed by atoms with Gasteiger partial charge < -0.3 is 4.90 Å². The highest BCUT2D eigenvalue weighted by Crippen LogP contribution is 2.44. The van der Waals surface area contributed by atoms with E-state index in [1.165, 1.54) is 22.2 Å². The molecule has 0 bridgehead atoms. The standard InChI is InChI=1S/C23H24N2/c1-16-23(2,3)20-15-17(10-14-22(20)25(16)4)9-12-19-13-11-18-7-5-6-8-21(18)24-19/h5-16H,1-4H3/b12-9+/t16-/m1/s1. The van der Waals surface area contributed by atoms with Crippen LogP contribution in [0.5, 0.6) is 0 Å². The minimum Gasteiger partial charge on any atom is -0.371 e. The van der Waals surface area contributed by atoms with Gasteiger partial charge >= 0.3 is 0 Å². The van der Waals surface area contributed by atoms with E-state index in [4.69, 9.17) is 4.98 Å². The van der Waals surface area contributed by atoms with Gasteiger partial charge in [0.1, 0.15) is 0 Å². The minimum absolute atomic E-state index is 0.162. The summed E-state index contributed by atoms with van der Waals surface area (Å²) in [6, 6.07) is 19.7. The Balaban J connectivity index is 1.67. The third-order valence-corrected chi connectivity index (χ3v) is 5.79. The van der Waals surface area contributed by atoms with Crippen LogP contribution in [0.25, 0.3) is 23.1 Å². The molecule has 0 saturated heterocycles. The lowest BCUT2D eigenvalue weighted by Gasteiger charge is -2.28. The SMILES string of the molecule is C[C@H]1N(C)c2ccc(/C=C/c3ccc4ccccc4n3)cc2C1(C)C. The van der Waals surface area contributed by atoms with Crippen molar-refractivity contribution in [2.75, 3.05) is 11.9 Å². The molecule has 2 nitrogen and oxygen atoms in total. The van der Waals surface area contributed by atoms with E-state index in [0.717, 1.165) is 11.2 Å². The molecule has 0 saturated carbocycles. The zero-order valence-corrected chi connectivity index (χ0v) is 15.3. The number of nitrogens with zero attached hydrogens (tertiary/aromatic N) is 2. The molecular weight excluding hydrogens is 304 g/mol. The van der Waals surface area contributed by atoms with Gasteiger partial charge in [-0.1, -0.05) is 50.3 Å². The lowest BCUT2D eigenvalue weighted by atomic mass is 9.81. The van der Waals surface area contributed by atoms with Gasteiger partial charge in [-0.2, -0.15) is 0 Å². The number of para-hydroxylation sites is 1. The van der Waals surface area contributed by atoms with Crippen LogP contribution in [0.15, 0.2) is 54.6 Å². The topological polar surface area (TPSA) is 16.1 Å². The van der Waals surface area contributed by atoms with E-state index < -0.39 is 0 Å². The fourth-order valence-electron chi connectivity index (χ4n) is 3.75. The molecule has 0 radical (unpaired) electrons. The summed E-state index contributed by atoms with van der Waals surface area (Å²) >= 11 is 0. The molecular formula is C23H24N2. The number of hydrogen-bond donors (Lipinski definition) is 0. The number of anilines is 1. The summed E-state index contributed by atoms with van der Waals surface area (Å²) in [7, 11) is 2.19. The Labute approximate surface area is 149 Å². The molecule has 3 aromatic rings. The Hall–Kier alpha value is -2.61. The molecule has 25 heavy (non-hydrogen) atoms. The summed E-state index contributed by atoms with van der Waals surface area (Å²) in [6.07, 6.45) is 4.26. The summed E-state index contributed by atoms with van der Waals surface area (Å²) in [5.41, 5.74) is 6.19. The van der Waals surface area contributed by atoms with Gasteiger partial charge in [-0.15, -0.1) is 0 Å². The van der Waals surface area contributed by atoms with Crippen LogP contribution >= 0.6 is 0 Å². The van der Waals surface area contributed by atoms with Crippen molar-refractivity contribution in [3.8, 4) is 0 Å². The van der Waals surface area contributed by atoms with Crippen molar-refractivity contribution in [3.63, 3.8) is 0 Å². The number of likely N-dealkylation sites (N-methyl/N-ethyl adjacent to an activating group) is 1. The molecule has 1 aliphatic heterocycles. The van der Waals surface area contributed by atoms with E-state index >= 15 is 0 Å². The lowest BCUT2D eigenvalue weighted by molar-refractivity contribution is 0.454. The molecule has 4 rings (SSSR count). The molecule has 2 heteroatoms. The predicted octanol–water partition coefficient (Wildman–Crippen LogP) is 5.52. The van der Waals surface area contributed by atoms with Gasteiger partial charge in [0, 0.05) is 29.6 Å². The van der Waals surface area contributed by atoms with E-state index in [2.05, 4.69) is 87.3 Å².